The van der Waals surface area contributed by atoms with E-state index >= 15 is 0 Å². The number of hydrogen-bond donors (Lipinski definition) is 3. The van der Waals surface area contributed by atoms with Crippen molar-refractivity contribution in [2.45, 2.75) is 407 Å². The van der Waals surface area contributed by atoms with Gasteiger partial charge in [-0.1, -0.05) is 337 Å². The smallest absolute Gasteiger partial charge is 0.462 e. The van der Waals surface area contributed by atoms with Crippen LogP contribution < -0.4 is 0 Å². The van der Waals surface area contributed by atoms with Crippen LogP contribution in [0.15, 0.2) is 0 Å². The molecule has 4 unspecified atom stereocenters. The van der Waals surface area contributed by atoms with Crippen molar-refractivity contribution in [1.82, 2.24) is 0 Å². The third kappa shape index (κ3) is 66.0. The minimum Gasteiger partial charge on any atom is -0.462 e. The molecule has 17 nitrogen and oxygen atoms in total. The van der Waals surface area contributed by atoms with E-state index in [2.05, 4.69) is 41.5 Å². The molecule has 0 saturated heterocycles. The first-order valence-corrected chi connectivity index (χ1v) is 42.1. The molecule has 0 amide bonds. The molecule has 0 saturated carbocycles. The summed E-state index contributed by atoms with van der Waals surface area (Å²) >= 11 is 0. The van der Waals surface area contributed by atoms with E-state index in [4.69, 9.17) is 37.0 Å². The fraction of sp³-hybridized carbons (Fsp3) is 0.947. The molecule has 94 heavy (non-hydrogen) atoms. The topological polar surface area (TPSA) is 237 Å². The first-order chi connectivity index (χ1) is 45.4. The van der Waals surface area contributed by atoms with Gasteiger partial charge in [-0.05, 0) is 37.5 Å². The highest BCUT2D eigenvalue weighted by Gasteiger charge is 2.30. The molecule has 0 aromatic rings. The van der Waals surface area contributed by atoms with Crippen LogP contribution in [0.1, 0.15) is 388 Å². The van der Waals surface area contributed by atoms with E-state index in [0.717, 1.165) is 115 Å². The van der Waals surface area contributed by atoms with Gasteiger partial charge in [0.15, 0.2) is 12.2 Å². The van der Waals surface area contributed by atoms with Gasteiger partial charge in [0.05, 0.1) is 26.4 Å². The highest BCUT2D eigenvalue weighted by Crippen LogP contribution is 2.45. The van der Waals surface area contributed by atoms with Gasteiger partial charge < -0.3 is 33.8 Å². The van der Waals surface area contributed by atoms with Crippen LogP contribution in [0.3, 0.4) is 0 Å². The van der Waals surface area contributed by atoms with Gasteiger partial charge in [0.1, 0.15) is 19.3 Å². The molecule has 3 N–H and O–H groups in total. The Bertz CT molecular complexity index is 1820. The van der Waals surface area contributed by atoms with Gasteiger partial charge in [-0.2, -0.15) is 0 Å². The maximum Gasteiger partial charge on any atom is 0.472 e. The number of hydrogen-bond acceptors (Lipinski definition) is 15. The lowest BCUT2D eigenvalue weighted by molar-refractivity contribution is -0.161. The van der Waals surface area contributed by atoms with E-state index in [-0.39, 0.29) is 25.7 Å². The Morgan fingerprint density at radius 1 is 0.298 bits per heavy atom. The number of ether oxygens (including phenoxy) is 4. The first kappa shape index (κ1) is 92.1. The minimum absolute atomic E-state index is 0.107. The molecule has 0 aliphatic rings. The summed E-state index contributed by atoms with van der Waals surface area (Å²) in [7, 11) is -9.90. The number of rotatable bonds is 74. The third-order valence-corrected chi connectivity index (χ3v) is 20.1. The molecule has 0 heterocycles. The second-order valence-electron chi connectivity index (χ2n) is 27.5. The van der Waals surface area contributed by atoms with Crippen molar-refractivity contribution in [2.24, 2.45) is 11.8 Å². The molecule has 0 radical (unpaired) electrons. The van der Waals surface area contributed by atoms with Crippen molar-refractivity contribution in [1.29, 1.82) is 0 Å². The number of esters is 4. The van der Waals surface area contributed by atoms with Crippen molar-refractivity contribution >= 4 is 39.5 Å². The molecule has 558 valence electrons. The Hall–Kier alpha value is -1.94. The lowest BCUT2D eigenvalue weighted by atomic mass is 9.99. The highest BCUT2D eigenvalue weighted by molar-refractivity contribution is 7.47. The largest absolute Gasteiger partial charge is 0.472 e. The van der Waals surface area contributed by atoms with E-state index in [9.17, 15) is 43.2 Å². The molecular formula is C75H146O17P2. The van der Waals surface area contributed by atoms with Crippen LogP contribution in [-0.4, -0.2) is 96.7 Å². The van der Waals surface area contributed by atoms with Gasteiger partial charge in [-0.25, -0.2) is 9.13 Å². The molecule has 0 aliphatic heterocycles. The Kier molecular flexibility index (Phi) is 65.5. The molecule has 0 aromatic heterocycles. The normalized spacial score (nSPS) is 14.6. The summed E-state index contributed by atoms with van der Waals surface area (Å²) in [6.07, 6.45) is 54.2. The second kappa shape index (κ2) is 66.9. The zero-order valence-corrected chi connectivity index (χ0v) is 63.1. The number of carbonyl (C=O) groups is 4. The molecule has 0 spiro atoms. The molecule has 0 rings (SSSR count). The highest BCUT2D eigenvalue weighted by atomic mass is 31.2. The summed E-state index contributed by atoms with van der Waals surface area (Å²) in [5.74, 6) is -0.441. The summed E-state index contributed by atoms with van der Waals surface area (Å²) < 4.78 is 68.3. The average Bonchev–Trinajstić information content (AvgIpc) is 1.32. The summed E-state index contributed by atoms with van der Waals surface area (Å²) in [5.41, 5.74) is 0. The molecule has 0 fully saturated rings. The molecule has 19 heteroatoms. The summed E-state index contributed by atoms with van der Waals surface area (Å²) in [6.45, 7) is 9.63. The van der Waals surface area contributed by atoms with Gasteiger partial charge in [-0.3, -0.25) is 37.3 Å². The number of aliphatic hydroxyl groups is 1. The number of phosphoric ester groups is 2. The van der Waals surface area contributed by atoms with Crippen molar-refractivity contribution in [2.75, 3.05) is 39.6 Å². The molecule has 0 aromatic carbocycles. The Morgan fingerprint density at radius 3 is 0.755 bits per heavy atom. The third-order valence-electron chi connectivity index (χ3n) is 18.2. The molecule has 0 bridgehead atoms. The van der Waals surface area contributed by atoms with Gasteiger partial charge >= 0.3 is 39.5 Å². The number of carbonyl (C=O) groups excluding carboxylic acids is 4. The maximum absolute atomic E-state index is 13.1. The van der Waals surface area contributed by atoms with E-state index < -0.39 is 97.5 Å². The maximum atomic E-state index is 13.1. The van der Waals surface area contributed by atoms with Crippen LogP contribution in [-0.2, 0) is 65.4 Å². The van der Waals surface area contributed by atoms with E-state index in [1.165, 1.54) is 193 Å². The van der Waals surface area contributed by atoms with Gasteiger partial charge in [0.2, 0.25) is 0 Å². The van der Waals surface area contributed by atoms with E-state index in [0.29, 0.717) is 25.7 Å². The van der Waals surface area contributed by atoms with Crippen molar-refractivity contribution in [3.05, 3.63) is 0 Å². The van der Waals surface area contributed by atoms with Crippen LogP contribution in [0, 0.1) is 11.8 Å². The van der Waals surface area contributed by atoms with Crippen LogP contribution in [0.25, 0.3) is 0 Å². The van der Waals surface area contributed by atoms with Crippen LogP contribution in [0.5, 0.6) is 0 Å². The van der Waals surface area contributed by atoms with E-state index in [1.54, 1.807) is 0 Å². The van der Waals surface area contributed by atoms with Crippen molar-refractivity contribution in [3.8, 4) is 0 Å². The lowest BCUT2D eigenvalue weighted by Gasteiger charge is -2.21. The standard InChI is InChI=1S/C75H146O17P2/c1-7-11-13-15-17-18-27-35-41-47-53-59-74(79)91-70(63-85-72(77)57-51-45-37-16-14-12-8-2)65-89-93(81,82)87-61-69(76)62-88-94(83,84)90-66-71(64-86-73(78)58-52-46-40-34-31-30-33-39-44-50-56-68(6)10-4)92-75(80)60-54-48-42-36-29-26-24-22-20-19-21-23-25-28-32-38-43-49-55-67(5)9-3/h67-71,76H,7-66H2,1-6H3,(H,81,82)(H,83,84)/t67?,68?,69-,70+,71+/m0/s1. The zero-order valence-electron chi connectivity index (χ0n) is 61.3. The monoisotopic (exact) mass is 1380 g/mol. The Balaban J connectivity index is 5.15. The summed E-state index contributed by atoms with van der Waals surface area (Å²) in [4.78, 5) is 72.6. The van der Waals surface area contributed by atoms with Crippen LogP contribution in [0.2, 0.25) is 0 Å². The number of phosphoric acid groups is 2. The molecular weight excluding hydrogens is 1230 g/mol. The van der Waals surface area contributed by atoms with Crippen molar-refractivity contribution in [3.63, 3.8) is 0 Å². The van der Waals surface area contributed by atoms with Crippen LogP contribution >= 0.6 is 15.6 Å². The molecule has 7 atom stereocenters. The van der Waals surface area contributed by atoms with Gasteiger partial charge in [0.25, 0.3) is 0 Å². The zero-order chi connectivity index (χ0) is 69.3. The fourth-order valence-corrected chi connectivity index (χ4v) is 13.0. The minimum atomic E-state index is -4.96. The van der Waals surface area contributed by atoms with Crippen molar-refractivity contribution < 1.29 is 80.2 Å². The quantitative estimate of drug-likeness (QED) is 0.0222. The number of aliphatic hydroxyl groups excluding tert-OH is 1. The number of unbranched alkanes of at least 4 members (excludes halogenated alkanes) is 42. The predicted molar refractivity (Wildman–Crippen MR) is 381 cm³/mol. The SMILES string of the molecule is CCCCCCCCCCCCCC(=O)O[C@H](COC(=O)CCCCCCCCC)COP(=O)(O)OC[C@H](O)COP(=O)(O)OC[C@@H](COC(=O)CCCCCCCCCCCCC(C)CC)OC(=O)CCCCCCCCCCCCCCCCCCCCC(C)CC. The van der Waals surface area contributed by atoms with Gasteiger partial charge in [-0.15, -0.1) is 0 Å². The van der Waals surface area contributed by atoms with Crippen LogP contribution in [0.4, 0.5) is 0 Å². The first-order valence-electron chi connectivity index (χ1n) is 39.1. The second-order valence-corrected chi connectivity index (χ2v) is 30.4. The average molecular weight is 1380 g/mol. The summed E-state index contributed by atoms with van der Waals surface area (Å²) in [6, 6.07) is 0. The predicted octanol–water partition coefficient (Wildman–Crippen LogP) is 21.9. The Morgan fingerprint density at radius 2 is 0.511 bits per heavy atom. The lowest BCUT2D eigenvalue weighted by Crippen LogP contribution is -2.30. The molecule has 0 aliphatic carbocycles. The fourth-order valence-electron chi connectivity index (χ4n) is 11.4. The Labute approximate surface area is 575 Å². The summed E-state index contributed by atoms with van der Waals surface area (Å²) in [5, 5.41) is 10.6. The van der Waals surface area contributed by atoms with E-state index in [1.807, 2.05) is 0 Å². The van der Waals surface area contributed by atoms with Gasteiger partial charge in [0, 0.05) is 25.7 Å².